The van der Waals surface area contributed by atoms with E-state index in [9.17, 15) is 0 Å². The molecule has 1 aromatic rings. The fourth-order valence-corrected chi connectivity index (χ4v) is 0.824. The second-order valence-corrected chi connectivity index (χ2v) is 3.05. The zero-order valence-corrected chi connectivity index (χ0v) is 12.1. The van der Waals surface area contributed by atoms with Crippen molar-refractivity contribution in [3.63, 3.8) is 0 Å². The maximum Gasteiger partial charge on any atom is -0.0307 e. The maximum absolute atomic E-state index is 3.00. The molecule has 1 aromatic carbocycles. The van der Waals surface area contributed by atoms with Gasteiger partial charge in [0, 0.05) is 0 Å². The van der Waals surface area contributed by atoms with Crippen LogP contribution < -0.4 is 0 Å². The molecule has 0 unspecified atom stereocenters. The molecule has 0 N–H and O–H groups in total. The average Bonchev–Trinajstić information content (AvgIpc) is 2.36. The first-order valence-corrected chi connectivity index (χ1v) is 6.30. The highest BCUT2D eigenvalue weighted by Gasteiger charge is 1.84. The molecule has 0 spiro atoms. The largest absolute Gasteiger partial charge is 0.106 e. The Morgan fingerprint density at radius 2 is 1.19 bits per heavy atom. The van der Waals surface area contributed by atoms with Crippen LogP contribution >= 0.6 is 0 Å². The predicted molar refractivity (Wildman–Crippen MR) is 79.1 cm³/mol. The monoisotopic (exact) mass is 222 g/mol. The van der Waals surface area contributed by atoms with Crippen LogP contribution in [0.25, 0.3) is 0 Å². The molecule has 16 heavy (non-hydrogen) atoms. The van der Waals surface area contributed by atoms with Gasteiger partial charge in [0.05, 0.1) is 0 Å². The minimum Gasteiger partial charge on any atom is -0.106 e. The van der Waals surface area contributed by atoms with Gasteiger partial charge in [0.15, 0.2) is 0 Å². The fourth-order valence-electron chi connectivity index (χ4n) is 0.824. The molecule has 0 fully saturated rings. The first-order valence-electron chi connectivity index (χ1n) is 6.30. The van der Waals surface area contributed by atoms with E-state index in [0.29, 0.717) is 0 Å². The molecule has 0 aliphatic carbocycles. The summed E-state index contributed by atoms with van der Waals surface area (Å²) >= 11 is 0. The van der Waals surface area contributed by atoms with E-state index in [1.165, 1.54) is 17.5 Å². The first kappa shape index (κ1) is 20.4. The van der Waals surface area contributed by atoms with Crippen molar-refractivity contribution in [2.45, 2.75) is 54.4 Å². The second-order valence-electron chi connectivity index (χ2n) is 3.05. The minimum atomic E-state index is 1.14. The number of aryl methyl sites for hydroxylation is 2. The summed E-state index contributed by atoms with van der Waals surface area (Å²) in [6, 6.07) is 8.66. The fraction of sp³-hybridized carbons (Fsp3) is 0.500. The summed E-state index contributed by atoms with van der Waals surface area (Å²) in [5, 5.41) is 0. The molecule has 0 bridgehead atoms. The first-order chi connectivity index (χ1) is 7.74. The van der Waals surface area contributed by atoms with Crippen molar-refractivity contribution in [3.8, 4) is 0 Å². The summed E-state index contributed by atoms with van der Waals surface area (Å²) in [5.41, 5.74) is 2.76. The van der Waals surface area contributed by atoms with E-state index in [1.54, 1.807) is 0 Å². The molecule has 0 saturated heterocycles. The molecule has 0 aliphatic heterocycles. The van der Waals surface area contributed by atoms with E-state index in [2.05, 4.69) is 65.1 Å². The number of hydrogen-bond acceptors (Lipinski definition) is 0. The Bertz CT molecular complexity index is 196. The lowest BCUT2D eigenvalue weighted by molar-refractivity contribution is 1.09. The van der Waals surface area contributed by atoms with E-state index < -0.39 is 0 Å². The standard InChI is InChI=1S/C9H12.C3H8.C2H6.C2H4/c1-3-9-6-4-8(2)5-7-9;1-3-2;2*1-2/h4-7H,3H2,1-2H3;3H2,1-2H3;1-2H3;1-2H2. The Morgan fingerprint density at radius 1 is 0.875 bits per heavy atom. The highest BCUT2D eigenvalue weighted by molar-refractivity contribution is 5.20. The molecule has 0 saturated carbocycles. The van der Waals surface area contributed by atoms with Crippen LogP contribution in [0.15, 0.2) is 37.4 Å². The predicted octanol–water partition coefficient (Wildman–Crippen LogP) is 5.80. The van der Waals surface area contributed by atoms with Crippen LogP contribution in [0, 0.1) is 6.92 Å². The number of benzene rings is 1. The molecular weight excluding hydrogens is 192 g/mol. The average molecular weight is 222 g/mol. The van der Waals surface area contributed by atoms with Gasteiger partial charge < -0.3 is 0 Å². The molecule has 0 amide bonds. The Labute approximate surface area is 103 Å². The van der Waals surface area contributed by atoms with Crippen molar-refractivity contribution in [1.29, 1.82) is 0 Å². The Morgan fingerprint density at radius 3 is 1.44 bits per heavy atom. The van der Waals surface area contributed by atoms with Gasteiger partial charge in [-0.3, -0.25) is 0 Å². The molecule has 0 radical (unpaired) electrons. The molecule has 0 heteroatoms. The van der Waals surface area contributed by atoms with Crippen molar-refractivity contribution >= 4 is 0 Å². The third-order valence-corrected chi connectivity index (χ3v) is 1.53. The van der Waals surface area contributed by atoms with Crippen molar-refractivity contribution in [2.75, 3.05) is 0 Å². The Kier molecular flexibility index (Phi) is 24.9. The quantitative estimate of drug-likeness (QED) is 0.527. The van der Waals surface area contributed by atoms with Gasteiger partial charge in [-0.1, -0.05) is 70.9 Å². The van der Waals surface area contributed by atoms with E-state index in [1.807, 2.05) is 13.8 Å². The third-order valence-electron chi connectivity index (χ3n) is 1.53. The van der Waals surface area contributed by atoms with Crippen LogP contribution in [0.5, 0.6) is 0 Å². The van der Waals surface area contributed by atoms with Crippen molar-refractivity contribution < 1.29 is 0 Å². The second kappa shape index (κ2) is 19.5. The van der Waals surface area contributed by atoms with Gasteiger partial charge in [0.25, 0.3) is 0 Å². The van der Waals surface area contributed by atoms with Crippen LogP contribution in [0.1, 0.15) is 52.2 Å². The van der Waals surface area contributed by atoms with Crippen LogP contribution in [-0.4, -0.2) is 0 Å². The van der Waals surface area contributed by atoms with Gasteiger partial charge in [-0.25, -0.2) is 0 Å². The molecule has 1 rings (SSSR count). The van der Waals surface area contributed by atoms with E-state index >= 15 is 0 Å². The summed E-state index contributed by atoms with van der Waals surface area (Å²) in [4.78, 5) is 0. The Hall–Kier alpha value is -1.04. The minimum absolute atomic E-state index is 1.14. The molecule has 0 nitrogen and oxygen atoms in total. The van der Waals surface area contributed by atoms with Crippen LogP contribution in [0.2, 0.25) is 0 Å². The summed E-state index contributed by atoms with van der Waals surface area (Å²) < 4.78 is 0. The smallest absolute Gasteiger partial charge is 0.0307 e. The molecule has 0 atom stereocenters. The zero-order chi connectivity index (χ0) is 13.4. The van der Waals surface area contributed by atoms with Crippen LogP contribution in [-0.2, 0) is 6.42 Å². The normalized spacial score (nSPS) is 7.12. The van der Waals surface area contributed by atoms with Crippen LogP contribution in [0.3, 0.4) is 0 Å². The molecule has 0 aliphatic rings. The lowest BCUT2D eigenvalue weighted by Crippen LogP contribution is -1.77. The van der Waals surface area contributed by atoms with Gasteiger partial charge in [-0.2, -0.15) is 0 Å². The van der Waals surface area contributed by atoms with E-state index in [0.717, 1.165) is 6.42 Å². The van der Waals surface area contributed by atoms with Gasteiger partial charge in [-0.15, -0.1) is 13.2 Å². The van der Waals surface area contributed by atoms with E-state index in [-0.39, 0.29) is 0 Å². The van der Waals surface area contributed by atoms with Crippen molar-refractivity contribution in [1.82, 2.24) is 0 Å². The molecular formula is C16H30. The zero-order valence-electron chi connectivity index (χ0n) is 12.1. The van der Waals surface area contributed by atoms with Crippen molar-refractivity contribution in [2.24, 2.45) is 0 Å². The van der Waals surface area contributed by atoms with Gasteiger partial charge in [0.2, 0.25) is 0 Å². The third kappa shape index (κ3) is 15.4. The van der Waals surface area contributed by atoms with Crippen molar-refractivity contribution in [3.05, 3.63) is 48.6 Å². The highest BCUT2D eigenvalue weighted by Crippen LogP contribution is 2.02. The summed E-state index contributed by atoms with van der Waals surface area (Å²) in [5.74, 6) is 0. The maximum atomic E-state index is 3.00. The summed E-state index contributed by atoms with van der Waals surface area (Å²) in [6.45, 7) is 18.5. The van der Waals surface area contributed by atoms with Gasteiger partial charge in [-0.05, 0) is 18.9 Å². The molecule has 0 heterocycles. The SMILES string of the molecule is C=C.CC.CCC.CCc1ccc(C)cc1. The summed E-state index contributed by atoms with van der Waals surface area (Å²) in [7, 11) is 0. The topological polar surface area (TPSA) is 0 Å². The van der Waals surface area contributed by atoms with Gasteiger partial charge in [0.1, 0.15) is 0 Å². The molecule has 0 aromatic heterocycles. The number of hydrogen-bond donors (Lipinski definition) is 0. The lowest BCUT2D eigenvalue weighted by atomic mass is 10.1. The lowest BCUT2D eigenvalue weighted by Gasteiger charge is -1.94. The number of rotatable bonds is 1. The van der Waals surface area contributed by atoms with Crippen LogP contribution in [0.4, 0.5) is 0 Å². The highest BCUT2D eigenvalue weighted by atomic mass is 13.9. The Balaban J connectivity index is -0.000000206. The van der Waals surface area contributed by atoms with Gasteiger partial charge >= 0.3 is 0 Å². The summed E-state index contributed by atoms with van der Waals surface area (Å²) in [6.07, 6.45) is 2.39. The molecule has 94 valence electrons. The van der Waals surface area contributed by atoms with E-state index in [4.69, 9.17) is 0 Å².